The van der Waals surface area contributed by atoms with Crippen LogP contribution in [-0.2, 0) is 6.42 Å². The predicted molar refractivity (Wildman–Crippen MR) is 83.9 cm³/mol. The van der Waals surface area contributed by atoms with Crippen molar-refractivity contribution in [2.45, 2.75) is 63.7 Å². The fourth-order valence-corrected chi connectivity index (χ4v) is 7.72. The Balaban J connectivity index is 2.05. The van der Waals surface area contributed by atoms with Crippen molar-refractivity contribution in [1.29, 1.82) is 0 Å². The second-order valence-corrected chi connectivity index (χ2v) is 10.6. The SMILES string of the molecule is CC1(C)CCCC(C)(C)P1CCc1ccccc1. The highest BCUT2D eigenvalue weighted by Gasteiger charge is 2.42. The van der Waals surface area contributed by atoms with Crippen LogP contribution in [-0.4, -0.2) is 16.5 Å². The van der Waals surface area contributed by atoms with E-state index in [-0.39, 0.29) is 7.92 Å². The van der Waals surface area contributed by atoms with Crippen LogP contribution in [0.2, 0.25) is 0 Å². The quantitative estimate of drug-likeness (QED) is 0.635. The Hall–Kier alpha value is -0.350. The molecule has 0 spiro atoms. The van der Waals surface area contributed by atoms with E-state index in [0.29, 0.717) is 10.3 Å². The lowest BCUT2D eigenvalue weighted by Crippen LogP contribution is -2.36. The van der Waals surface area contributed by atoms with Crippen molar-refractivity contribution >= 4 is 7.92 Å². The van der Waals surface area contributed by atoms with Gasteiger partial charge in [-0.2, -0.15) is 0 Å². The Morgan fingerprint density at radius 2 is 1.50 bits per heavy atom. The van der Waals surface area contributed by atoms with Gasteiger partial charge in [0, 0.05) is 0 Å². The lowest BCUT2D eigenvalue weighted by Gasteiger charge is -2.50. The molecule has 0 radical (unpaired) electrons. The molecule has 1 aromatic rings. The minimum Gasteiger partial charge on any atom is -0.0947 e. The highest BCUT2D eigenvalue weighted by Crippen LogP contribution is 2.65. The maximum absolute atomic E-state index is 2.50. The summed E-state index contributed by atoms with van der Waals surface area (Å²) < 4.78 is 0. The fraction of sp³-hybridized carbons (Fsp3) is 0.647. The molecule has 0 N–H and O–H groups in total. The molecule has 0 saturated carbocycles. The van der Waals surface area contributed by atoms with Crippen molar-refractivity contribution in [3.63, 3.8) is 0 Å². The van der Waals surface area contributed by atoms with E-state index in [2.05, 4.69) is 58.0 Å². The Kier molecular flexibility index (Phi) is 4.17. The van der Waals surface area contributed by atoms with Crippen LogP contribution in [0.25, 0.3) is 0 Å². The van der Waals surface area contributed by atoms with Gasteiger partial charge >= 0.3 is 0 Å². The average Bonchev–Trinajstić information content (AvgIpc) is 2.28. The Morgan fingerprint density at radius 3 is 2.06 bits per heavy atom. The zero-order valence-corrected chi connectivity index (χ0v) is 13.3. The number of hydrogen-bond donors (Lipinski definition) is 0. The lowest BCUT2D eigenvalue weighted by atomic mass is 9.98. The summed E-state index contributed by atoms with van der Waals surface area (Å²) >= 11 is 0. The van der Waals surface area contributed by atoms with Crippen molar-refractivity contribution < 1.29 is 0 Å². The Morgan fingerprint density at radius 1 is 0.944 bits per heavy atom. The van der Waals surface area contributed by atoms with E-state index < -0.39 is 0 Å². The molecule has 0 aliphatic carbocycles. The third-order valence-electron chi connectivity index (χ3n) is 4.51. The van der Waals surface area contributed by atoms with Crippen LogP contribution >= 0.6 is 7.92 Å². The van der Waals surface area contributed by atoms with Crippen molar-refractivity contribution in [2.24, 2.45) is 0 Å². The van der Waals surface area contributed by atoms with Gasteiger partial charge in [-0.15, -0.1) is 0 Å². The van der Waals surface area contributed by atoms with E-state index in [4.69, 9.17) is 0 Å². The molecule has 1 aliphatic heterocycles. The molecule has 0 bridgehead atoms. The monoisotopic (exact) mass is 262 g/mol. The minimum absolute atomic E-state index is 0.118. The van der Waals surface area contributed by atoms with Gasteiger partial charge in [0.2, 0.25) is 0 Å². The third kappa shape index (κ3) is 3.15. The molecule has 1 fully saturated rings. The average molecular weight is 262 g/mol. The first kappa shape index (κ1) is 14.1. The molecule has 0 aromatic heterocycles. The first-order chi connectivity index (χ1) is 8.42. The molecular formula is C17H27P. The molecule has 0 nitrogen and oxygen atoms in total. The van der Waals surface area contributed by atoms with Crippen molar-refractivity contribution in [2.75, 3.05) is 6.16 Å². The summed E-state index contributed by atoms with van der Waals surface area (Å²) in [7, 11) is 0.118. The van der Waals surface area contributed by atoms with Crippen molar-refractivity contribution in [3.8, 4) is 0 Å². The molecule has 2 rings (SSSR count). The maximum atomic E-state index is 2.50. The maximum Gasteiger partial charge on any atom is -0.0146 e. The van der Waals surface area contributed by atoms with E-state index in [1.54, 1.807) is 0 Å². The van der Waals surface area contributed by atoms with E-state index in [0.717, 1.165) is 0 Å². The standard InChI is InChI=1S/C17H27P/c1-16(2)12-8-13-17(3,4)18(16)14-11-15-9-6-5-7-10-15/h5-7,9-10H,8,11-14H2,1-4H3. The highest BCUT2D eigenvalue weighted by atomic mass is 31.1. The molecule has 0 unspecified atom stereocenters. The van der Waals surface area contributed by atoms with Gasteiger partial charge in [-0.1, -0.05) is 72.4 Å². The zero-order valence-electron chi connectivity index (χ0n) is 12.4. The Bertz CT molecular complexity index is 362. The summed E-state index contributed by atoms with van der Waals surface area (Å²) in [5, 5.41) is 1.15. The number of aryl methyl sites for hydroxylation is 1. The van der Waals surface area contributed by atoms with Gasteiger partial charge in [-0.25, -0.2) is 0 Å². The normalized spacial score (nSPS) is 22.9. The first-order valence-electron chi connectivity index (χ1n) is 7.23. The van der Waals surface area contributed by atoms with Crippen LogP contribution in [0.15, 0.2) is 30.3 Å². The van der Waals surface area contributed by atoms with Crippen molar-refractivity contribution in [3.05, 3.63) is 35.9 Å². The van der Waals surface area contributed by atoms with Crippen LogP contribution < -0.4 is 0 Å². The van der Waals surface area contributed by atoms with Gasteiger partial charge in [0.05, 0.1) is 0 Å². The van der Waals surface area contributed by atoms with Crippen molar-refractivity contribution in [1.82, 2.24) is 0 Å². The summed E-state index contributed by atoms with van der Waals surface area (Å²) in [5.41, 5.74) is 1.51. The smallest absolute Gasteiger partial charge is 0.0146 e. The topological polar surface area (TPSA) is 0 Å². The molecule has 0 atom stereocenters. The second kappa shape index (κ2) is 5.33. The summed E-state index contributed by atoms with van der Waals surface area (Å²) in [4.78, 5) is 0. The molecule has 1 heteroatoms. The summed E-state index contributed by atoms with van der Waals surface area (Å²) in [6.07, 6.45) is 6.94. The van der Waals surface area contributed by atoms with Crippen LogP contribution in [0.3, 0.4) is 0 Å². The molecule has 1 aliphatic rings. The van der Waals surface area contributed by atoms with Gasteiger partial charge < -0.3 is 0 Å². The molecular weight excluding hydrogens is 235 g/mol. The molecule has 0 amide bonds. The van der Waals surface area contributed by atoms with E-state index in [1.807, 2.05) is 0 Å². The van der Waals surface area contributed by atoms with Gasteiger partial charge in [0.15, 0.2) is 0 Å². The molecule has 1 heterocycles. The molecule has 18 heavy (non-hydrogen) atoms. The number of benzene rings is 1. The van der Waals surface area contributed by atoms with Gasteiger partial charge in [-0.3, -0.25) is 0 Å². The van der Waals surface area contributed by atoms with E-state index in [1.165, 1.54) is 37.4 Å². The fourth-order valence-electron chi connectivity index (χ4n) is 3.53. The van der Waals surface area contributed by atoms with Crippen LogP contribution in [0.1, 0.15) is 52.5 Å². The third-order valence-corrected chi connectivity index (χ3v) is 8.55. The molecule has 1 aromatic carbocycles. The number of rotatable bonds is 3. The van der Waals surface area contributed by atoms with Crippen LogP contribution in [0.4, 0.5) is 0 Å². The van der Waals surface area contributed by atoms with Gasteiger partial charge in [0.25, 0.3) is 0 Å². The van der Waals surface area contributed by atoms with Crippen LogP contribution in [0.5, 0.6) is 0 Å². The Labute approximate surface area is 114 Å². The summed E-state index contributed by atoms with van der Waals surface area (Å²) in [6.45, 7) is 10.0. The van der Waals surface area contributed by atoms with Gasteiger partial charge in [-0.05, 0) is 41.3 Å². The lowest BCUT2D eigenvalue weighted by molar-refractivity contribution is 0.465. The molecule has 100 valence electrons. The second-order valence-electron chi connectivity index (χ2n) is 6.87. The van der Waals surface area contributed by atoms with E-state index >= 15 is 0 Å². The predicted octanol–water partition coefficient (Wildman–Crippen LogP) is 5.45. The molecule has 1 saturated heterocycles. The number of hydrogen-bond acceptors (Lipinski definition) is 0. The van der Waals surface area contributed by atoms with Crippen LogP contribution in [0, 0.1) is 0 Å². The minimum atomic E-state index is 0.118. The summed E-state index contributed by atoms with van der Waals surface area (Å²) in [6, 6.07) is 11.0. The van der Waals surface area contributed by atoms with E-state index in [9.17, 15) is 0 Å². The zero-order chi connectivity index (χ0) is 13.2. The summed E-state index contributed by atoms with van der Waals surface area (Å²) in [5.74, 6) is 0. The first-order valence-corrected chi connectivity index (χ1v) is 8.76. The highest BCUT2D eigenvalue weighted by molar-refractivity contribution is 7.61. The largest absolute Gasteiger partial charge is 0.0947 e. The van der Waals surface area contributed by atoms with Gasteiger partial charge in [0.1, 0.15) is 0 Å².